The molecule has 26 heavy (non-hydrogen) atoms. The van der Waals surface area contributed by atoms with Crippen LogP contribution in [0.2, 0.25) is 0 Å². The molecule has 2 amide bonds. The summed E-state index contributed by atoms with van der Waals surface area (Å²) in [5.41, 5.74) is 4.81. The molecule has 1 atom stereocenters. The van der Waals surface area contributed by atoms with Gasteiger partial charge in [0.15, 0.2) is 0 Å². The topological polar surface area (TPSA) is 83.6 Å². The predicted molar refractivity (Wildman–Crippen MR) is 102 cm³/mol. The van der Waals surface area contributed by atoms with Crippen LogP contribution in [0.4, 0.5) is 0 Å². The van der Waals surface area contributed by atoms with E-state index in [4.69, 9.17) is 4.74 Å². The monoisotopic (exact) mass is 374 g/mol. The van der Waals surface area contributed by atoms with E-state index in [9.17, 15) is 9.59 Å². The lowest BCUT2D eigenvalue weighted by molar-refractivity contribution is -0.127. The average molecular weight is 374 g/mol. The summed E-state index contributed by atoms with van der Waals surface area (Å²) in [7, 11) is 3.31. The first kappa shape index (κ1) is 19.6. The quantitative estimate of drug-likeness (QED) is 0.746. The molecule has 138 valence electrons. The van der Waals surface area contributed by atoms with Gasteiger partial charge in [-0.3, -0.25) is 19.9 Å². The van der Waals surface area contributed by atoms with E-state index in [-0.39, 0.29) is 5.91 Å². The Morgan fingerprint density at radius 1 is 1.54 bits per heavy atom. The van der Waals surface area contributed by atoms with Crippen LogP contribution in [0.1, 0.15) is 11.1 Å². The second kappa shape index (κ2) is 9.69. The number of ether oxygens (including phenoxy) is 1. The van der Waals surface area contributed by atoms with E-state index in [1.54, 1.807) is 37.2 Å². The Morgan fingerprint density at radius 2 is 2.35 bits per heavy atom. The maximum absolute atomic E-state index is 11.8. The van der Waals surface area contributed by atoms with Crippen LogP contribution < -0.4 is 15.4 Å². The smallest absolute Gasteiger partial charge is 0.245 e. The van der Waals surface area contributed by atoms with Crippen molar-refractivity contribution in [3.05, 3.63) is 53.0 Å². The highest BCUT2D eigenvalue weighted by Crippen LogP contribution is 2.33. The van der Waals surface area contributed by atoms with Crippen LogP contribution in [0.3, 0.4) is 0 Å². The van der Waals surface area contributed by atoms with Crippen molar-refractivity contribution in [1.82, 2.24) is 20.5 Å². The number of hydrogen-bond acceptors (Lipinski definition) is 7. The molecular formula is C18H22N4O3S. The zero-order chi connectivity index (χ0) is 18.9. The number of hydrogen-bond donors (Lipinski definition) is 2. The highest BCUT2D eigenvalue weighted by Gasteiger charge is 2.27. The van der Waals surface area contributed by atoms with E-state index in [0.29, 0.717) is 19.5 Å². The molecule has 0 saturated heterocycles. The van der Waals surface area contributed by atoms with Gasteiger partial charge < -0.3 is 15.0 Å². The standard InChI is InChI=1S/C15H19N3O3.C3H3NS/c1-10-13-6-12(21-3)5-4-11(13)7-18(10)8-14(16-2)15(20)17-9-19;1-2-5-3-4-1/h4-6,9,14,16H,1,7-8H2,2-3H3,(H,17,19,20);1-3H. The van der Waals surface area contributed by atoms with Gasteiger partial charge in [-0.1, -0.05) is 12.6 Å². The van der Waals surface area contributed by atoms with Gasteiger partial charge in [-0.15, -0.1) is 11.3 Å². The number of nitrogens with zero attached hydrogens (tertiary/aromatic N) is 2. The number of carbonyl (C=O) groups is 2. The summed E-state index contributed by atoms with van der Waals surface area (Å²) in [6.07, 6.45) is 2.16. The lowest BCUT2D eigenvalue weighted by atomic mass is 10.1. The fourth-order valence-electron chi connectivity index (χ4n) is 2.60. The molecule has 1 unspecified atom stereocenters. The third-order valence-electron chi connectivity index (χ3n) is 3.99. The lowest BCUT2D eigenvalue weighted by Crippen LogP contribution is -2.48. The van der Waals surface area contributed by atoms with Crippen molar-refractivity contribution in [3.63, 3.8) is 0 Å². The Morgan fingerprint density at radius 3 is 2.88 bits per heavy atom. The van der Waals surface area contributed by atoms with E-state index in [0.717, 1.165) is 22.6 Å². The Bertz CT molecular complexity index is 732. The first-order valence-corrected chi connectivity index (χ1v) is 8.89. The Kier molecular flexibility index (Phi) is 7.31. The summed E-state index contributed by atoms with van der Waals surface area (Å²) in [5.74, 6) is 0.425. The maximum atomic E-state index is 11.8. The second-order valence-electron chi connectivity index (χ2n) is 5.49. The number of amides is 2. The Hall–Kier alpha value is -2.71. The minimum absolute atomic E-state index is 0.353. The molecule has 0 spiro atoms. The van der Waals surface area contributed by atoms with Gasteiger partial charge >= 0.3 is 0 Å². The predicted octanol–water partition coefficient (Wildman–Crippen LogP) is 1.49. The number of carbonyl (C=O) groups excluding carboxylic acids is 2. The highest BCUT2D eigenvalue weighted by molar-refractivity contribution is 7.07. The summed E-state index contributed by atoms with van der Waals surface area (Å²) in [5, 5.41) is 7.00. The molecule has 1 aliphatic heterocycles. The van der Waals surface area contributed by atoms with Gasteiger partial charge in [-0.25, -0.2) is 0 Å². The third-order valence-corrected chi connectivity index (χ3v) is 4.51. The number of benzene rings is 1. The second-order valence-corrected chi connectivity index (χ2v) is 6.25. The lowest BCUT2D eigenvalue weighted by Gasteiger charge is -2.24. The molecule has 0 fully saturated rings. The minimum Gasteiger partial charge on any atom is -0.497 e. The molecule has 2 N–H and O–H groups in total. The zero-order valence-corrected chi connectivity index (χ0v) is 15.6. The number of methoxy groups -OCH3 is 1. The van der Waals surface area contributed by atoms with Crippen molar-refractivity contribution in [2.45, 2.75) is 12.6 Å². The van der Waals surface area contributed by atoms with Crippen LogP contribution in [-0.2, 0) is 16.1 Å². The average Bonchev–Trinajstić information content (AvgIpc) is 3.32. The fraction of sp³-hybridized carbons (Fsp3) is 0.278. The Balaban J connectivity index is 0.000000417. The van der Waals surface area contributed by atoms with Crippen LogP contribution in [0, 0.1) is 0 Å². The van der Waals surface area contributed by atoms with Crippen LogP contribution >= 0.6 is 11.3 Å². The highest BCUT2D eigenvalue weighted by atomic mass is 32.1. The molecule has 1 aliphatic rings. The molecule has 2 heterocycles. The van der Waals surface area contributed by atoms with Crippen LogP contribution in [0.25, 0.3) is 5.70 Å². The molecule has 1 aromatic heterocycles. The van der Waals surface area contributed by atoms with Gasteiger partial charge in [0.2, 0.25) is 12.3 Å². The summed E-state index contributed by atoms with van der Waals surface area (Å²) < 4.78 is 5.22. The van der Waals surface area contributed by atoms with Crippen LogP contribution in [-0.4, -0.2) is 48.9 Å². The molecule has 0 saturated carbocycles. The number of nitrogens with one attached hydrogen (secondary N) is 2. The normalized spacial score (nSPS) is 13.3. The number of thiazole rings is 1. The zero-order valence-electron chi connectivity index (χ0n) is 14.8. The van der Waals surface area contributed by atoms with Gasteiger partial charge in [-0.05, 0) is 24.7 Å². The third kappa shape index (κ3) is 4.90. The van der Waals surface area contributed by atoms with Crippen molar-refractivity contribution in [1.29, 1.82) is 0 Å². The molecule has 2 aromatic rings. The van der Waals surface area contributed by atoms with Crippen molar-refractivity contribution in [2.24, 2.45) is 0 Å². The maximum Gasteiger partial charge on any atom is 0.245 e. The largest absolute Gasteiger partial charge is 0.497 e. The summed E-state index contributed by atoms with van der Waals surface area (Å²) in [6, 6.07) is 5.37. The SMILES string of the molecule is C=C1c2cc(OC)ccc2CN1CC(NC)C(=O)NC=O.c1cscn1. The number of rotatable bonds is 6. The first-order chi connectivity index (χ1) is 12.6. The van der Waals surface area contributed by atoms with Crippen molar-refractivity contribution in [3.8, 4) is 5.75 Å². The summed E-state index contributed by atoms with van der Waals surface area (Å²) in [6.45, 7) is 5.21. The van der Waals surface area contributed by atoms with E-state index in [1.807, 2.05) is 28.5 Å². The van der Waals surface area contributed by atoms with E-state index >= 15 is 0 Å². The number of fused-ring (bicyclic) bond motifs is 1. The van der Waals surface area contributed by atoms with Gasteiger partial charge in [0.1, 0.15) is 11.8 Å². The van der Waals surface area contributed by atoms with Crippen LogP contribution in [0.5, 0.6) is 5.75 Å². The molecule has 0 aliphatic carbocycles. The number of likely N-dealkylation sites (N-methyl/N-ethyl adjacent to an activating group) is 1. The van der Waals surface area contributed by atoms with Crippen LogP contribution in [0.15, 0.2) is 41.9 Å². The molecular weight excluding hydrogens is 352 g/mol. The molecule has 0 bridgehead atoms. The number of aromatic nitrogens is 1. The summed E-state index contributed by atoms with van der Waals surface area (Å²) >= 11 is 1.60. The minimum atomic E-state index is -0.483. The van der Waals surface area contributed by atoms with E-state index in [1.165, 1.54) is 0 Å². The number of imide groups is 1. The van der Waals surface area contributed by atoms with Gasteiger partial charge in [0.05, 0.1) is 12.6 Å². The van der Waals surface area contributed by atoms with Crippen molar-refractivity contribution < 1.29 is 14.3 Å². The molecule has 8 heteroatoms. The van der Waals surface area contributed by atoms with E-state index < -0.39 is 6.04 Å². The van der Waals surface area contributed by atoms with Crippen molar-refractivity contribution >= 4 is 29.4 Å². The molecule has 0 radical (unpaired) electrons. The Labute approximate surface area is 156 Å². The molecule has 1 aromatic carbocycles. The fourth-order valence-corrected chi connectivity index (χ4v) is 2.95. The van der Waals surface area contributed by atoms with E-state index in [2.05, 4.69) is 22.2 Å². The van der Waals surface area contributed by atoms with Crippen molar-refractivity contribution in [2.75, 3.05) is 20.7 Å². The molecule has 3 rings (SSSR count). The van der Waals surface area contributed by atoms with Gasteiger partial charge in [0, 0.05) is 35.9 Å². The van der Waals surface area contributed by atoms with Gasteiger partial charge in [0.25, 0.3) is 0 Å². The molecule has 7 nitrogen and oxygen atoms in total. The summed E-state index contributed by atoms with van der Waals surface area (Å²) in [4.78, 5) is 27.9. The first-order valence-electron chi connectivity index (χ1n) is 7.95. The van der Waals surface area contributed by atoms with Gasteiger partial charge in [-0.2, -0.15) is 0 Å².